The van der Waals surface area contributed by atoms with Crippen molar-refractivity contribution in [3.8, 4) is 6.01 Å². The predicted octanol–water partition coefficient (Wildman–Crippen LogP) is 6.97. The zero-order chi connectivity index (χ0) is 27.6. The number of alkyl halides is 6. The Morgan fingerprint density at radius 3 is 2.26 bits per heavy atom. The normalized spacial score (nSPS) is 16.9. The lowest BCUT2D eigenvalue weighted by molar-refractivity contribution is -0.138. The highest BCUT2D eigenvalue weighted by atomic mass is 19.4. The molecule has 2 aliphatic rings. The molecule has 3 heterocycles. The summed E-state index contributed by atoms with van der Waals surface area (Å²) in [6, 6.07) is 6.99. The summed E-state index contributed by atoms with van der Waals surface area (Å²) >= 11 is 0. The highest BCUT2D eigenvalue weighted by Crippen LogP contribution is 2.37. The summed E-state index contributed by atoms with van der Waals surface area (Å²) in [5.41, 5.74) is 0.0987. The highest BCUT2D eigenvalue weighted by molar-refractivity contribution is 5.62. The third-order valence-electron chi connectivity index (χ3n) is 7.01. The number of hydrogen-bond donors (Lipinski definition) is 1. The van der Waals surface area contributed by atoms with Crippen LogP contribution in [0.25, 0.3) is 0 Å². The van der Waals surface area contributed by atoms with E-state index >= 15 is 0 Å². The summed E-state index contributed by atoms with van der Waals surface area (Å²) in [5, 5.41) is 3.09. The SMILES string of the molecule is FC(F)(F)c1ccc(Nc2nc(OC3CCCCC3)nc3c2CCN(c2ncccc2C(F)(F)F)CC3)cc1. The van der Waals surface area contributed by atoms with Gasteiger partial charge in [0.05, 0.1) is 16.8 Å². The van der Waals surface area contributed by atoms with Gasteiger partial charge in [0.2, 0.25) is 0 Å². The fraction of sp³-hybridized carbons (Fsp3) is 0.444. The van der Waals surface area contributed by atoms with Gasteiger partial charge < -0.3 is 15.0 Å². The van der Waals surface area contributed by atoms with Gasteiger partial charge in [-0.1, -0.05) is 6.42 Å². The number of fused-ring (bicyclic) bond motifs is 1. The van der Waals surface area contributed by atoms with Crippen molar-refractivity contribution in [1.82, 2.24) is 15.0 Å². The molecule has 1 fully saturated rings. The minimum atomic E-state index is -4.56. The van der Waals surface area contributed by atoms with Crippen molar-refractivity contribution in [3.63, 3.8) is 0 Å². The van der Waals surface area contributed by atoms with Gasteiger partial charge in [0, 0.05) is 37.0 Å². The molecule has 6 nitrogen and oxygen atoms in total. The van der Waals surface area contributed by atoms with E-state index in [0.717, 1.165) is 50.3 Å². The third kappa shape index (κ3) is 6.36. The Kier molecular flexibility index (Phi) is 7.55. The Bertz CT molecular complexity index is 1290. The second-order valence-corrected chi connectivity index (χ2v) is 9.72. The molecule has 1 aliphatic heterocycles. The van der Waals surface area contributed by atoms with Crippen molar-refractivity contribution in [1.29, 1.82) is 0 Å². The zero-order valence-corrected chi connectivity index (χ0v) is 20.9. The summed E-state index contributed by atoms with van der Waals surface area (Å²) in [6.45, 7) is 0.466. The summed E-state index contributed by atoms with van der Waals surface area (Å²) in [7, 11) is 0. The molecule has 2 aromatic heterocycles. The molecule has 208 valence electrons. The maximum Gasteiger partial charge on any atom is 0.419 e. The van der Waals surface area contributed by atoms with Gasteiger partial charge in [0.25, 0.3) is 0 Å². The van der Waals surface area contributed by atoms with Crippen molar-refractivity contribution in [2.75, 3.05) is 23.3 Å². The van der Waals surface area contributed by atoms with Crippen LogP contribution in [0.15, 0.2) is 42.6 Å². The third-order valence-corrected chi connectivity index (χ3v) is 7.01. The van der Waals surface area contributed by atoms with Gasteiger partial charge in [0.1, 0.15) is 17.7 Å². The fourth-order valence-corrected chi connectivity index (χ4v) is 5.03. The van der Waals surface area contributed by atoms with E-state index in [9.17, 15) is 26.3 Å². The molecule has 0 spiro atoms. The predicted molar refractivity (Wildman–Crippen MR) is 133 cm³/mol. The fourth-order valence-electron chi connectivity index (χ4n) is 5.03. The average molecular weight is 552 g/mol. The molecule has 0 amide bonds. The van der Waals surface area contributed by atoms with Crippen LogP contribution in [0, 0.1) is 0 Å². The van der Waals surface area contributed by atoms with E-state index in [1.54, 1.807) is 4.90 Å². The molecule has 1 aliphatic carbocycles. The lowest BCUT2D eigenvalue weighted by Gasteiger charge is -2.24. The van der Waals surface area contributed by atoms with Crippen molar-refractivity contribution in [2.45, 2.75) is 63.4 Å². The number of pyridine rings is 1. The van der Waals surface area contributed by atoms with Crippen LogP contribution in [0.5, 0.6) is 6.01 Å². The van der Waals surface area contributed by atoms with Crippen LogP contribution in [-0.2, 0) is 25.2 Å². The first-order valence-electron chi connectivity index (χ1n) is 12.9. The Hall–Kier alpha value is -3.57. The number of ether oxygens (including phenoxy) is 1. The number of benzene rings is 1. The largest absolute Gasteiger partial charge is 0.460 e. The van der Waals surface area contributed by atoms with Crippen molar-refractivity contribution in [2.24, 2.45) is 0 Å². The van der Waals surface area contributed by atoms with E-state index in [1.165, 1.54) is 24.4 Å². The Balaban J connectivity index is 1.45. The molecule has 5 rings (SSSR count). The molecule has 12 heteroatoms. The average Bonchev–Trinajstić information content (AvgIpc) is 3.12. The standard InChI is InChI=1S/C27H27F6N5O/c28-26(29,30)17-8-10-18(11-9-17)35-23-20-12-15-38(24-21(27(31,32)33)7-4-14-34-24)16-13-22(20)36-25(37-23)39-19-5-2-1-3-6-19/h4,7-11,14,19H,1-3,5-6,12-13,15-16H2,(H,35,36,37). The van der Waals surface area contributed by atoms with Crippen LogP contribution < -0.4 is 15.0 Å². The number of hydrogen-bond acceptors (Lipinski definition) is 6. The zero-order valence-electron chi connectivity index (χ0n) is 20.9. The van der Waals surface area contributed by atoms with Crippen LogP contribution in [0.4, 0.5) is 43.7 Å². The lowest BCUT2D eigenvalue weighted by Crippen LogP contribution is -2.29. The molecule has 1 N–H and O–H groups in total. The van der Waals surface area contributed by atoms with Gasteiger partial charge in [0.15, 0.2) is 0 Å². The van der Waals surface area contributed by atoms with Crippen LogP contribution >= 0.6 is 0 Å². The van der Waals surface area contributed by atoms with Crippen molar-refractivity contribution in [3.05, 3.63) is 65.0 Å². The second kappa shape index (κ2) is 10.9. The number of aromatic nitrogens is 3. The van der Waals surface area contributed by atoms with Crippen molar-refractivity contribution < 1.29 is 31.1 Å². The Morgan fingerprint density at radius 2 is 1.56 bits per heavy atom. The minimum Gasteiger partial charge on any atom is -0.460 e. The van der Waals surface area contributed by atoms with E-state index in [2.05, 4.69) is 20.3 Å². The number of rotatable bonds is 5. The molecule has 3 aromatic rings. The smallest absolute Gasteiger partial charge is 0.419 e. The van der Waals surface area contributed by atoms with E-state index < -0.39 is 23.5 Å². The van der Waals surface area contributed by atoms with Gasteiger partial charge in [-0.3, -0.25) is 0 Å². The Morgan fingerprint density at radius 1 is 0.846 bits per heavy atom. The molecule has 1 aromatic carbocycles. The molecule has 0 radical (unpaired) electrons. The summed E-state index contributed by atoms with van der Waals surface area (Å²) < 4.78 is 86.2. The van der Waals surface area contributed by atoms with Crippen LogP contribution in [0.1, 0.15) is 54.5 Å². The summed E-state index contributed by atoms with van der Waals surface area (Å²) in [4.78, 5) is 14.8. The number of nitrogens with zero attached hydrogens (tertiary/aromatic N) is 4. The van der Waals surface area contributed by atoms with Crippen LogP contribution in [-0.4, -0.2) is 34.1 Å². The van der Waals surface area contributed by atoms with E-state index in [1.807, 2.05) is 0 Å². The first-order chi connectivity index (χ1) is 18.6. The maximum absolute atomic E-state index is 13.7. The van der Waals surface area contributed by atoms with E-state index in [-0.39, 0.29) is 31.0 Å². The van der Waals surface area contributed by atoms with Gasteiger partial charge in [-0.15, -0.1) is 0 Å². The highest BCUT2D eigenvalue weighted by Gasteiger charge is 2.36. The monoisotopic (exact) mass is 551 g/mol. The summed E-state index contributed by atoms with van der Waals surface area (Å²) in [6.07, 6.45) is -2.17. The van der Waals surface area contributed by atoms with Crippen LogP contribution in [0.3, 0.4) is 0 Å². The molecule has 0 atom stereocenters. The molecule has 1 saturated carbocycles. The van der Waals surface area contributed by atoms with Gasteiger partial charge in [-0.2, -0.15) is 36.3 Å². The van der Waals surface area contributed by atoms with Crippen molar-refractivity contribution >= 4 is 17.3 Å². The molecule has 0 saturated heterocycles. The number of halogens is 6. The van der Waals surface area contributed by atoms with Gasteiger partial charge in [-0.25, -0.2) is 4.98 Å². The van der Waals surface area contributed by atoms with E-state index in [0.29, 0.717) is 35.6 Å². The quantitative estimate of drug-likeness (QED) is 0.346. The number of nitrogens with one attached hydrogen (secondary N) is 1. The summed E-state index contributed by atoms with van der Waals surface area (Å²) in [5.74, 6) is 0.214. The Labute approximate surface area is 221 Å². The molecular formula is C27H27F6N5O. The molecule has 0 unspecified atom stereocenters. The molecule has 39 heavy (non-hydrogen) atoms. The molecule has 0 bridgehead atoms. The van der Waals surface area contributed by atoms with Gasteiger partial charge in [-0.05, 0) is 68.5 Å². The van der Waals surface area contributed by atoms with E-state index in [4.69, 9.17) is 4.74 Å². The first-order valence-corrected chi connectivity index (χ1v) is 12.9. The topological polar surface area (TPSA) is 63.2 Å². The number of anilines is 3. The lowest BCUT2D eigenvalue weighted by atomic mass is 9.98. The van der Waals surface area contributed by atoms with Crippen LogP contribution in [0.2, 0.25) is 0 Å². The maximum atomic E-state index is 13.7. The van der Waals surface area contributed by atoms with Gasteiger partial charge >= 0.3 is 18.4 Å². The molecular weight excluding hydrogens is 524 g/mol. The second-order valence-electron chi connectivity index (χ2n) is 9.72. The first kappa shape index (κ1) is 27.0. The minimum absolute atomic E-state index is 0.0409.